The van der Waals surface area contributed by atoms with E-state index in [9.17, 15) is 14.4 Å². The number of carbonyl (C=O) groups excluding carboxylic acids is 3. The second-order valence-electron chi connectivity index (χ2n) is 7.74. The van der Waals surface area contributed by atoms with Crippen LogP contribution in [0.5, 0.6) is 0 Å². The van der Waals surface area contributed by atoms with Crippen molar-refractivity contribution in [3.63, 3.8) is 0 Å². The molecule has 0 spiro atoms. The molecule has 0 bridgehead atoms. The highest BCUT2D eigenvalue weighted by atomic mass is 35.5. The quantitative estimate of drug-likeness (QED) is 0.752. The van der Waals surface area contributed by atoms with E-state index in [1.165, 1.54) is 11.3 Å². The predicted octanol–water partition coefficient (Wildman–Crippen LogP) is 3.19. The number of piperidine rings is 1. The van der Waals surface area contributed by atoms with Gasteiger partial charge in [-0.3, -0.25) is 19.7 Å². The highest BCUT2D eigenvalue weighted by molar-refractivity contribution is 7.16. The van der Waals surface area contributed by atoms with Gasteiger partial charge < -0.3 is 10.6 Å². The van der Waals surface area contributed by atoms with Crippen LogP contribution in [-0.2, 0) is 16.0 Å². The fraction of sp³-hybridized carbons (Fsp3) is 0.429. The third-order valence-electron chi connectivity index (χ3n) is 5.79. The molecule has 1 aromatic carbocycles. The van der Waals surface area contributed by atoms with Gasteiger partial charge in [-0.2, -0.15) is 0 Å². The third-order valence-corrected chi connectivity index (χ3v) is 7.09. The number of primary amides is 1. The molecule has 30 heavy (non-hydrogen) atoms. The first-order chi connectivity index (χ1) is 14.4. The molecule has 0 radical (unpaired) electrons. The van der Waals surface area contributed by atoms with Crippen molar-refractivity contribution in [3.8, 4) is 0 Å². The van der Waals surface area contributed by atoms with Gasteiger partial charge in [0.2, 0.25) is 11.8 Å². The summed E-state index contributed by atoms with van der Waals surface area (Å²) in [7, 11) is 0. The van der Waals surface area contributed by atoms with Crippen molar-refractivity contribution in [2.75, 3.05) is 18.4 Å². The van der Waals surface area contributed by atoms with E-state index >= 15 is 0 Å². The zero-order chi connectivity index (χ0) is 21.3. The standard InChI is InChI=1S/C21H23ClN4O3S/c22-14-6-4-13(5-7-14)19(28)25-21-24-17-15(2-1-3-16(17)30-21)20(29)26-10-8-12(9-11-26)18(23)27/h4-7,12,15H,1-3,8-11H2,(H2,23,27)(H,24,25,28)/t15-/m0/s1. The summed E-state index contributed by atoms with van der Waals surface area (Å²) >= 11 is 7.31. The number of hydrogen-bond acceptors (Lipinski definition) is 5. The SMILES string of the molecule is NC(=O)C1CCN(C(=O)[C@H]2CCCc3sc(NC(=O)c4ccc(Cl)cc4)nc32)CC1. The molecule has 7 nitrogen and oxygen atoms in total. The van der Waals surface area contributed by atoms with Crippen molar-refractivity contribution in [1.29, 1.82) is 0 Å². The Bertz CT molecular complexity index is 967. The summed E-state index contributed by atoms with van der Waals surface area (Å²) in [6, 6.07) is 6.65. The van der Waals surface area contributed by atoms with Gasteiger partial charge in [0.1, 0.15) is 0 Å². The summed E-state index contributed by atoms with van der Waals surface area (Å²) in [6.45, 7) is 1.09. The third kappa shape index (κ3) is 4.34. The molecule has 4 rings (SSSR count). The van der Waals surface area contributed by atoms with E-state index in [1.54, 1.807) is 24.3 Å². The predicted molar refractivity (Wildman–Crippen MR) is 116 cm³/mol. The monoisotopic (exact) mass is 446 g/mol. The average molecular weight is 447 g/mol. The van der Waals surface area contributed by atoms with Crippen LogP contribution >= 0.6 is 22.9 Å². The molecule has 1 fully saturated rings. The van der Waals surface area contributed by atoms with Crippen molar-refractivity contribution in [2.45, 2.75) is 38.0 Å². The Morgan fingerprint density at radius 2 is 1.83 bits per heavy atom. The molecule has 2 heterocycles. The Balaban J connectivity index is 1.46. The highest BCUT2D eigenvalue weighted by Crippen LogP contribution is 2.38. The highest BCUT2D eigenvalue weighted by Gasteiger charge is 2.35. The normalized spacial score (nSPS) is 19.2. The molecule has 1 saturated heterocycles. The largest absolute Gasteiger partial charge is 0.369 e. The second kappa shape index (κ2) is 8.73. The maximum Gasteiger partial charge on any atom is 0.257 e. The lowest BCUT2D eigenvalue weighted by Gasteiger charge is -2.34. The number of nitrogens with zero attached hydrogens (tertiary/aromatic N) is 2. The van der Waals surface area contributed by atoms with Crippen LogP contribution in [0.1, 0.15) is 52.5 Å². The van der Waals surface area contributed by atoms with Gasteiger partial charge in [0.25, 0.3) is 5.91 Å². The molecule has 3 amide bonds. The van der Waals surface area contributed by atoms with Gasteiger partial charge >= 0.3 is 0 Å². The summed E-state index contributed by atoms with van der Waals surface area (Å²) in [5.41, 5.74) is 6.67. The van der Waals surface area contributed by atoms with Crippen molar-refractivity contribution < 1.29 is 14.4 Å². The molecule has 2 aliphatic rings. The summed E-state index contributed by atoms with van der Waals surface area (Å²) in [4.78, 5) is 44.5. The van der Waals surface area contributed by atoms with E-state index in [1.807, 2.05) is 4.90 Å². The van der Waals surface area contributed by atoms with Crippen LogP contribution in [0, 0.1) is 5.92 Å². The first-order valence-electron chi connectivity index (χ1n) is 10.1. The van der Waals surface area contributed by atoms with Crippen LogP contribution in [0.2, 0.25) is 5.02 Å². The van der Waals surface area contributed by atoms with Gasteiger partial charge in [-0.25, -0.2) is 4.98 Å². The molecule has 1 aromatic heterocycles. The summed E-state index contributed by atoms with van der Waals surface area (Å²) in [5, 5.41) is 3.91. The minimum absolute atomic E-state index is 0.0553. The van der Waals surface area contributed by atoms with Crippen molar-refractivity contribution in [1.82, 2.24) is 9.88 Å². The van der Waals surface area contributed by atoms with Crippen molar-refractivity contribution in [2.24, 2.45) is 11.7 Å². The molecule has 1 aliphatic carbocycles. The Morgan fingerprint density at radius 3 is 2.50 bits per heavy atom. The molecule has 0 unspecified atom stereocenters. The van der Waals surface area contributed by atoms with Crippen LogP contribution in [0.4, 0.5) is 5.13 Å². The minimum Gasteiger partial charge on any atom is -0.369 e. The van der Waals surface area contributed by atoms with E-state index in [4.69, 9.17) is 17.3 Å². The number of hydrogen-bond donors (Lipinski definition) is 2. The molecule has 0 saturated carbocycles. The van der Waals surface area contributed by atoms with Crippen LogP contribution in [0.25, 0.3) is 0 Å². The van der Waals surface area contributed by atoms with E-state index in [-0.39, 0.29) is 29.6 Å². The van der Waals surface area contributed by atoms with Crippen molar-refractivity contribution >= 4 is 45.8 Å². The smallest absolute Gasteiger partial charge is 0.257 e. The molecular formula is C21H23ClN4O3S. The number of nitrogens with one attached hydrogen (secondary N) is 1. The fourth-order valence-corrected chi connectivity index (χ4v) is 5.27. The number of benzene rings is 1. The second-order valence-corrected chi connectivity index (χ2v) is 9.26. The molecule has 2 aromatic rings. The van der Waals surface area contributed by atoms with Gasteiger partial charge in [-0.15, -0.1) is 11.3 Å². The number of carbonyl (C=O) groups is 3. The summed E-state index contributed by atoms with van der Waals surface area (Å²) < 4.78 is 0. The number of amides is 3. The Morgan fingerprint density at radius 1 is 1.13 bits per heavy atom. The van der Waals surface area contributed by atoms with Gasteiger partial charge in [0.05, 0.1) is 11.6 Å². The topological polar surface area (TPSA) is 105 Å². The average Bonchev–Trinajstić information content (AvgIpc) is 3.16. The maximum atomic E-state index is 13.2. The number of halogens is 1. The molecule has 3 N–H and O–H groups in total. The number of likely N-dealkylation sites (tertiary alicyclic amines) is 1. The first kappa shape index (κ1) is 20.8. The van der Waals surface area contributed by atoms with Crippen LogP contribution in [-0.4, -0.2) is 40.7 Å². The van der Waals surface area contributed by atoms with E-state index in [2.05, 4.69) is 10.3 Å². The number of aromatic nitrogens is 1. The van der Waals surface area contributed by atoms with E-state index in [0.29, 0.717) is 41.6 Å². The van der Waals surface area contributed by atoms with Gasteiger partial charge in [0, 0.05) is 34.5 Å². The molecule has 9 heteroatoms. The Hall–Kier alpha value is -2.45. The van der Waals surface area contributed by atoms with Gasteiger partial charge in [0.15, 0.2) is 5.13 Å². The van der Waals surface area contributed by atoms with Gasteiger partial charge in [-0.1, -0.05) is 11.6 Å². The number of thiazole rings is 1. The lowest BCUT2D eigenvalue weighted by atomic mass is 9.88. The zero-order valence-electron chi connectivity index (χ0n) is 16.4. The van der Waals surface area contributed by atoms with Crippen molar-refractivity contribution in [3.05, 3.63) is 45.4 Å². The summed E-state index contributed by atoms with van der Waals surface area (Å²) in [5.74, 6) is -0.933. The summed E-state index contributed by atoms with van der Waals surface area (Å²) in [6.07, 6.45) is 3.74. The number of fused-ring (bicyclic) bond motifs is 1. The lowest BCUT2D eigenvalue weighted by Crippen LogP contribution is -2.44. The zero-order valence-corrected chi connectivity index (χ0v) is 18.0. The molecule has 1 aliphatic heterocycles. The number of anilines is 1. The maximum absolute atomic E-state index is 13.2. The van der Waals surface area contributed by atoms with Crippen LogP contribution in [0.3, 0.4) is 0 Å². The van der Waals surface area contributed by atoms with Crippen LogP contribution in [0.15, 0.2) is 24.3 Å². The lowest BCUT2D eigenvalue weighted by molar-refractivity contribution is -0.136. The number of rotatable bonds is 4. The number of nitrogens with two attached hydrogens (primary N) is 1. The minimum atomic E-state index is -0.295. The van der Waals surface area contributed by atoms with Gasteiger partial charge in [-0.05, 0) is 56.4 Å². The van der Waals surface area contributed by atoms with Crippen LogP contribution < -0.4 is 11.1 Å². The fourth-order valence-electron chi connectivity index (χ4n) is 4.09. The molecule has 158 valence electrons. The van der Waals surface area contributed by atoms with E-state index < -0.39 is 0 Å². The van der Waals surface area contributed by atoms with E-state index in [0.717, 1.165) is 29.8 Å². The molecule has 1 atom stereocenters. The number of aryl methyl sites for hydroxylation is 1. The molecular weight excluding hydrogens is 424 g/mol. The Labute approximate surface area is 183 Å². The first-order valence-corrected chi connectivity index (χ1v) is 11.3. The Kier molecular flexibility index (Phi) is 6.06.